The minimum Gasteiger partial charge on any atom is -0.469 e. The van der Waals surface area contributed by atoms with Gasteiger partial charge in [-0.05, 0) is 111 Å². The van der Waals surface area contributed by atoms with E-state index in [1.165, 1.54) is 38.5 Å². The van der Waals surface area contributed by atoms with Crippen LogP contribution in [0.4, 0.5) is 0 Å². The molecule has 3 unspecified atom stereocenters. The van der Waals surface area contributed by atoms with Gasteiger partial charge in [-0.1, -0.05) is 34.6 Å². The Labute approximate surface area is 191 Å². The fourth-order valence-electron chi connectivity index (χ4n) is 9.43. The van der Waals surface area contributed by atoms with Crippen molar-refractivity contribution >= 4 is 0 Å². The average Bonchev–Trinajstić information content (AvgIpc) is 3.07. The third kappa shape index (κ3) is 3.61. The van der Waals surface area contributed by atoms with Gasteiger partial charge in [0.25, 0.3) is 0 Å². The van der Waals surface area contributed by atoms with E-state index in [0.29, 0.717) is 41.8 Å². The third-order valence-electron chi connectivity index (χ3n) is 10.8. The molecule has 0 aromatic rings. The van der Waals surface area contributed by atoms with Crippen molar-refractivity contribution in [2.75, 3.05) is 13.2 Å². The van der Waals surface area contributed by atoms with Crippen LogP contribution in [0.5, 0.6) is 0 Å². The van der Waals surface area contributed by atoms with E-state index in [0.717, 1.165) is 29.9 Å². The molecule has 0 aromatic carbocycles. The molecule has 0 bridgehead atoms. The normalized spacial score (nSPS) is 45.7. The number of hydrogen-bond acceptors (Lipinski definition) is 3. The molecule has 3 nitrogen and oxygen atoms in total. The van der Waals surface area contributed by atoms with Gasteiger partial charge in [0, 0.05) is 18.6 Å². The molecular weight excluding hydrogens is 384 g/mol. The maximum absolute atomic E-state index is 9.88. The van der Waals surface area contributed by atoms with E-state index in [-0.39, 0.29) is 11.7 Å². The van der Waals surface area contributed by atoms with Crippen LogP contribution < -0.4 is 0 Å². The van der Waals surface area contributed by atoms with E-state index in [2.05, 4.69) is 40.7 Å². The second kappa shape index (κ2) is 8.35. The molecule has 0 heterocycles. The lowest BCUT2D eigenvalue weighted by Crippen LogP contribution is -2.56. The SMILES string of the molecule is CCOC(C)OC1=CC[C@@]2(C)C(CC[C@H]3[C@@H]4CC[C@H](C(C)CO)[C@@]4(C)CC[C@@H]32)C1(C)C. The molecule has 0 radical (unpaired) electrons. The van der Waals surface area contributed by atoms with Gasteiger partial charge in [0.15, 0.2) is 6.29 Å². The Kier molecular flexibility index (Phi) is 6.36. The lowest BCUT2D eigenvalue weighted by molar-refractivity contribution is -0.157. The van der Waals surface area contributed by atoms with Crippen LogP contribution in [0.2, 0.25) is 0 Å². The highest BCUT2D eigenvalue weighted by Crippen LogP contribution is 2.70. The molecule has 9 atom stereocenters. The molecule has 4 aliphatic rings. The van der Waals surface area contributed by atoms with Crippen molar-refractivity contribution in [1.29, 1.82) is 0 Å². The summed E-state index contributed by atoms with van der Waals surface area (Å²) in [6, 6.07) is 0. The van der Waals surface area contributed by atoms with E-state index in [9.17, 15) is 5.11 Å². The first-order valence-electron chi connectivity index (χ1n) is 13.2. The van der Waals surface area contributed by atoms with Crippen molar-refractivity contribution < 1.29 is 14.6 Å². The molecule has 0 spiro atoms. The van der Waals surface area contributed by atoms with Crippen molar-refractivity contribution in [3.8, 4) is 0 Å². The van der Waals surface area contributed by atoms with Crippen LogP contribution >= 0.6 is 0 Å². The van der Waals surface area contributed by atoms with Crippen molar-refractivity contribution in [3.05, 3.63) is 11.8 Å². The maximum Gasteiger partial charge on any atom is 0.196 e. The molecule has 4 aliphatic carbocycles. The first-order chi connectivity index (χ1) is 14.6. The molecule has 3 fully saturated rings. The fourth-order valence-corrected chi connectivity index (χ4v) is 9.43. The highest BCUT2D eigenvalue weighted by Gasteiger charge is 2.62. The van der Waals surface area contributed by atoms with Crippen LogP contribution in [0.25, 0.3) is 0 Å². The molecule has 0 aliphatic heterocycles. The first kappa shape index (κ1) is 23.6. The van der Waals surface area contributed by atoms with Crippen molar-refractivity contribution in [2.24, 2.45) is 51.8 Å². The molecule has 178 valence electrons. The lowest BCUT2D eigenvalue weighted by Gasteiger charge is -2.63. The Bertz CT molecular complexity index is 684. The van der Waals surface area contributed by atoms with Gasteiger partial charge in [0.05, 0.1) is 0 Å². The van der Waals surface area contributed by atoms with Gasteiger partial charge in [0.1, 0.15) is 5.76 Å². The number of aliphatic hydroxyl groups is 1. The molecule has 31 heavy (non-hydrogen) atoms. The fraction of sp³-hybridized carbons (Fsp3) is 0.929. The predicted molar refractivity (Wildman–Crippen MR) is 126 cm³/mol. The number of ether oxygens (including phenoxy) is 2. The smallest absolute Gasteiger partial charge is 0.196 e. The summed E-state index contributed by atoms with van der Waals surface area (Å²) in [4.78, 5) is 0. The minimum absolute atomic E-state index is 0.0632. The number of hydrogen-bond donors (Lipinski definition) is 1. The molecule has 3 saturated carbocycles. The largest absolute Gasteiger partial charge is 0.469 e. The topological polar surface area (TPSA) is 38.7 Å². The highest BCUT2D eigenvalue weighted by molar-refractivity contribution is 5.21. The van der Waals surface area contributed by atoms with E-state index in [1.807, 2.05) is 13.8 Å². The maximum atomic E-state index is 9.88. The van der Waals surface area contributed by atoms with E-state index < -0.39 is 0 Å². The quantitative estimate of drug-likeness (QED) is 0.469. The minimum atomic E-state index is -0.171. The predicted octanol–water partition coefficient (Wildman–Crippen LogP) is 6.80. The van der Waals surface area contributed by atoms with Gasteiger partial charge in [-0.2, -0.15) is 0 Å². The summed E-state index contributed by atoms with van der Waals surface area (Å²) in [5, 5.41) is 9.88. The summed E-state index contributed by atoms with van der Waals surface area (Å²) < 4.78 is 12.0. The molecule has 0 amide bonds. The summed E-state index contributed by atoms with van der Waals surface area (Å²) in [5.74, 6) is 5.53. The van der Waals surface area contributed by atoms with Crippen LogP contribution in [0, 0.1) is 51.8 Å². The standard InChI is InChI=1S/C28H48O3/c1-8-30-19(3)31-25-14-16-28(7)23-13-15-27(6)21(18(2)17-29)10-11-22(27)20(23)9-12-24(28)26(25,4)5/h14,18-24,29H,8-13,15-17H2,1-7H3/t18?,19?,20-,21+,22-,23-,24?,27+,28+/m0/s1. The van der Waals surface area contributed by atoms with Gasteiger partial charge < -0.3 is 14.6 Å². The molecule has 0 saturated heterocycles. The lowest BCUT2D eigenvalue weighted by atomic mass is 9.42. The number of fused-ring (bicyclic) bond motifs is 5. The average molecular weight is 433 g/mol. The zero-order valence-electron chi connectivity index (χ0n) is 21.2. The monoisotopic (exact) mass is 432 g/mol. The number of rotatable bonds is 6. The Morgan fingerprint density at radius 1 is 1.00 bits per heavy atom. The Morgan fingerprint density at radius 2 is 1.71 bits per heavy atom. The number of allylic oxidation sites excluding steroid dienone is 2. The van der Waals surface area contributed by atoms with Gasteiger partial charge in [0.2, 0.25) is 0 Å². The van der Waals surface area contributed by atoms with Gasteiger partial charge >= 0.3 is 0 Å². The third-order valence-corrected chi connectivity index (χ3v) is 10.8. The summed E-state index contributed by atoms with van der Waals surface area (Å²) in [6.45, 7) is 17.4. The van der Waals surface area contributed by atoms with Gasteiger partial charge in [-0.25, -0.2) is 0 Å². The van der Waals surface area contributed by atoms with Crippen LogP contribution in [-0.4, -0.2) is 24.6 Å². The van der Waals surface area contributed by atoms with E-state index >= 15 is 0 Å². The molecule has 3 heteroatoms. The van der Waals surface area contributed by atoms with Gasteiger partial charge in [-0.3, -0.25) is 0 Å². The Balaban J connectivity index is 1.58. The van der Waals surface area contributed by atoms with Crippen molar-refractivity contribution in [1.82, 2.24) is 0 Å². The zero-order chi connectivity index (χ0) is 22.6. The Morgan fingerprint density at radius 3 is 2.39 bits per heavy atom. The second-order valence-electron chi connectivity index (χ2n) is 12.5. The zero-order valence-corrected chi connectivity index (χ0v) is 21.2. The van der Waals surface area contributed by atoms with Crippen molar-refractivity contribution in [2.45, 2.75) is 99.7 Å². The summed E-state index contributed by atoms with van der Waals surface area (Å²) >= 11 is 0. The number of aliphatic hydroxyl groups excluding tert-OH is 1. The summed E-state index contributed by atoms with van der Waals surface area (Å²) in [5.41, 5.74) is 0.873. The van der Waals surface area contributed by atoms with Crippen LogP contribution in [0.15, 0.2) is 11.8 Å². The van der Waals surface area contributed by atoms with Crippen molar-refractivity contribution in [3.63, 3.8) is 0 Å². The first-order valence-corrected chi connectivity index (χ1v) is 13.2. The van der Waals surface area contributed by atoms with E-state index in [4.69, 9.17) is 9.47 Å². The Hall–Kier alpha value is -0.540. The molecule has 4 rings (SSSR count). The highest BCUT2D eigenvalue weighted by atomic mass is 16.7. The van der Waals surface area contributed by atoms with Crippen LogP contribution in [-0.2, 0) is 9.47 Å². The van der Waals surface area contributed by atoms with Crippen LogP contribution in [0.3, 0.4) is 0 Å². The van der Waals surface area contributed by atoms with Crippen LogP contribution in [0.1, 0.15) is 93.4 Å². The second-order valence-corrected chi connectivity index (χ2v) is 12.5. The van der Waals surface area contributed by atoms with Gasteiger partial charge in [-0.15, -0.1) is 0 Å². The molecule has 1 N–H and O–H groups in total. The summed E-state index contributed by atoms with van der Waals surface area (Å²) in [6.07, 6.45) is 11.5. The molecule has 0 aromatic heterocycles. The molecular formula is C28H48O3. The van der Waals surface area contributed by atoms with E-state index in [1.54, 1.807) is 0 Å². The summed E-state index contributed by atoms with van der Waals surface area (Å²) in [7, 11) is 0.